The van der Waals surface area contributed by atoms with Crippen LogP contribution in [0.2, 0.25) is 0 Å². The molecule has 0 fully saturated rings. The number of amides is 2. The zero-order valence-corrected chi connectivity index (χ0v) is 14.4. The lowest BCUT2D eigenvalue weighted by atomic mass is 10.2. The van der Waals surface area contributed by atoms with Crippen molar-refractivity contribution in [3.63, 3.8) is 0 Å². The molecule has 0 aliphatic carbocycles. The van der Waals surface area contributed by atoms with Gasteiger partial charge in [-0.1, -0.05) is 46.3 Å². The minimum atomic E-state index is -0.242. The van der Waals surface area contributed by atoms with E-state index in [9.17, 15) is 9.59 Å². The number of hydrogen-bond donors (Lipinski definition) is 2. The summed E-state index contributed by atoms with van der Waals surface area (Å²) in [6.07, 6.45) is 1.79. The van der Waals surface area contributed by atoms with E-state index in [-0.39, 0.29) is 18.2 Å². The van der Waals surface area contributed by atoms with Crippen molar-refractivity contribution in [3.8, 4) is 0 Å². The molecular formula is C18H16BrN3O2. The van der Waals surface area contributed by atoms with Crippen molar-refractivity contribution in [1.82, 2.24) is 10.7 Å². The van der Waals surface area contributed by atoms with Crippen LogP contribution in [0.1, 0.15) is 12.0 Å². The maximum absolute atomic E-state index is 12.3. The molecule has 6 heteroatoms. The van der Waals surface area contributed by atoms with Crippen LogP contribution in [0, 0.1) is 0 Å². The highest BCUT2D eigenvalue weighted by Crippen LogP contribution is 2.20. The maximum Gasteiger partial charge on any atom is 0.269 e. The molecular weight excluding hydrogens is 370 g/mol. The Hall–Kier alpha value is -2.60. The lowest BCUT2D eigenvalue weighted by Crippen LogP contribution is -2.48. The third kappa shape index (κ3) is 3.83. The number of anilines is 1. The van der Waals surface area contributed by atoms with Crippen LogP contribution in [-0.2, 0) is 16.1 Å². The summed E-state index contributed by atoms with van der Waals surface area (Å²) in [4.78, 5) is 24.4. The fraction of sp³-hybridized carbons (Fsp3) is 0.111. The highest BCUT2D eigenvalue weighted by atomic mass is 79.9. The fourth-order valence-electron chi connectivity index (χ4n) is 2.32. The zero-order valence-electron chi connectivity index (χ0n) is 12.8. The molecule has 1 aliphatic heterocycles. The van der Waals surface area contributed by atoms with E-state index < -0.39 is 0 Å². The number of nitrogens with zero attached hydrogens (tertiary/aromatic N) is 1. The van der Waals surface area contributed by atoms with Crippen LogP contribution in [0.15, 0.2) is 70.8 Å². The third-order valence-corrected chi connectivity index (χ3v) is 4.12. The summed E-state index contributed by atoms with van der Waals surface area (Å²) in [5.41, 5.74) is 4.96. The van der Waals surface area contributed by atoms with Gasteiger partial charge >= 0.3 is 0 Å². The highest BCUT2D eigenvalue weighted by molar-refractivity contribution is 9.10. The number of hydrazine groups is 1. The largest absolute Gasteiger partial charge is 0.347 e. The lowest BCUT2D eigenvalue weighted by molar-refractivity contribution is -0.120. The smallest absolute Gasteiger partial charge is 0.269 e. The number of carbonyl (C=O) groups excluding carboxylic acids is 2. The van der Waals surface area contributed by atoms with Gasteiger partial charge in [-0.3, -0.25) is 15.0 Å². The Kier molecular flexibility index (Phi) is 4.96. The molecule has 2 aromatic rings. The molecule has 0 atom stereocenters. The van der Waals surface area contributed by atoms with Crippen molar-refractivity contribution >= 4 is 33.4 Å². The van der Waals surface area contributed by atoms with Crippen molar-refractivity contribution in [2.75, 3.05) is 5.01 Å². The summed E-state index contributed by atoms with van der Waals surface area (Å²) in [7, 11) is 0. The van der Waals surface area contributed by atoms with Crippen LogP contribution >= 0.6 is 15.9 Å². The highest BCUT2D eigenvalue weighted by Gasteiger charge is 2.23. The van der Waals surface area contributed by atoms with E-state index in [1.807, 2.05) is 42.5 Å². The Bertz CT molecular complexity index is 773. The first kappa shape index (κ1) is 16.3. The molecule has 1 heterocycles. The van der Waals surface area contributed by atoms with Crippen LogP contribution in [0.25, 0.3) is 0 Å². The Morgan fingerprint density at radius 1 is 1.12 bits per heavy atom. The van der Waals surface area contributed by atoms with Gasteiger partial charge < -0.3 is 5.32 Å². The molecule has 2 amide bonds. The Morgan fingerprint density at radius 2 is 1.83 bits per heavy atom. The van der Waals surface area contributed by atoms with E-state index in [4.69, 9.17) is 0 Å². The van der Waals surface area contributed by atoms with Crippen molar-refractivity contribution in [1.29, 1.82) is 0 Å². The molecule has 122 valence electrons. The molecule has 0 unspecified atom stereocenters. The summed E-state index contributed by atoms with van der Waals surface area (Å²) >= 11 is 3.36. The van der Waals surface area contributed by atoms with Crippen LogP contribution in [0.5, 0.6) is 0 Å². The van der Waals surface area contributed by atoms with E-state index in [2.05, 4.69) is 26.7 Å². The lowest BCUT2D eigenvalue weighted by Gasteiger charge is -2.28. The second-order valence-corrected chi connectivity index (χ2v) is 6.22. The van der Waals surface area contributed by atoms with Gasteiger partial charge in [0.15, 0.2) is 0 Å². The van der Waals surface area contributed by atoms with Gasteiger partial charge in [0.05, 0.1) is 5.69 Å². The standard InChI is InChI=1S/C18H16BrN3O2/c19-14-6-8-15(9-7-14)22-17(23)11-10-16(21-22)18(24)20-12-13-4-2-1-3-5-13/h1-10,21H,11-12H2,(H,20,24). The van der Waals surface area contributed by atoms with Gasteiger partial charge in [0, 0.05) is 17.4 Å². The number of hydrogen-bond acceptors (Lipinski definition) is 3. The topological polar surface area (TPSA) is 61.4 Å². The summed E-state index contributed by atoms with van der Waals surface area (Å²) < 4.78 is 0.923. The molecule has 0 saturated carbocycles. The minimum Gasteiger partial charge on any atom is -0.347 e. The van der Waals surface area contributed by atoms with Crippen LogP contribution < -0.4 is 15.8 Å². The molecule has 0 aromatic heterocycles. The number of halogens is 1. The SMILES string of the molecule is O=C(NCc1ccccc1)C1=CCC(=O)N(c2ccc(Br)cc2)N1. The molecule has 0 bridgehead atoms. The Balaban J connectivity index is 1.66. The van der Waals surface area contributed by atoms with Gasteiger partial charge in [-0.05, 0) is 35.9 Å². The number of carbonyl (C=O) groups is 2. The van der Waals surface area contributed by atoms with Gasteiger partial charge in [-0.15, -0.1) is 0 Å². The van der Waals surface area contributed by atoms with E-state index in [0.717, 1.165) is 10.0 Å². The maximum atomic E-state index is 12.3. The van der Waals surface area contributed by atoms with Gasteiger partial charge in [-0.2, -0.15) is 0 Å². The minimum absolute atomic E-state index is 0.114. The molecule has 0 saturated heterocycles. The molecule has 2 N–H and O–H groups in total. The average molecular weight is 386 g/mol. The molecule has 1 aliphatic rings. The summed E-state index contributed by atoms with van der Waals surface area (Å²) in [5.74, 6) is -0.356. The predicted octanol–water partition coefficient (Wildman–Crippen LogP) is 2.89. The molecule has 5 nitrogen and oxygen atoms in total. The van der Waals surface area contributed by atoms with Crippen molar-refractivity contribution in [2.45, 2.75) is 13.0 Å². The van der Waals surface area contributed by atoms with Gasteiger partial charge in [-0.25, -0.2) is 5.01 Å². The zero-order chi connectivity index (χ0) is 16.9. The van der Waals surface area contributed by atoms with Crippen molar-refractivity contribution in [2.24, 2.45) is 0 Å². The average Bonchev–Trinajstić information content (AvgIpc) is 2.62. The van der Waals surface area contributed by atoms with Crippen LogP contribution in [-0.4, -0.2) is 11.8 Å². The van der Waals surface area contributed by atoms with E-state index in [1.54, 1.807) is 18.2 Å². The van der Waals surface area contributed by atoms with E-state index in [0.29, 0.717) is 17.9 Å². The molecule has 0 spiro atoms. The first-order valence-corrected chi connectivity index (χ1v) is 8.30. The number of rotatable bonds is 4. The molecule has 24 heavy (non-hydrogen) atoms. The summed E-state index contributed by atoms with van der Waals surface area (Å²) in [6, 6.07) is 17.0. The van der Waals surface area contributed by atoms with E-state index in [1.165, 1.54) is 5.01 Å². The molecule has 0 radical (unpaired) electrons. The van der Waals surface area contributed by atoms with Crippen LogP contribution in [0.4, 0.5) is 5.69 Å². The Labute approximate surface area is 148 Å². The van der Waals surface area contributed by atoms with Gasteiger partial charge in [0.1, 0.15) is 5.70 Å². The first-order valence-electron chi connectivity index (χ1n) is 7.51. The summed E-state index contributed by atoms with van der Waals surface area (Å²) in [5, 5.41) is 4.24. The predicted molar refractivity (Wildman–Crippen MR) is 95.8 cm³/mol. The molecule has 3 rings (SSSR count). The normalized spacial score (nSPS) is 14.0. The van der Waals surface area contributed by atoms with E-state index >= 15 is 0 Å². The van der Waals surface area contributed by atoms with Crippen molar-refractivity contribution < 1.29 is 9.59 Å². The fourth-order valence-corrected chi connectivity index (χ4v) is 2.59. The molecule has 2 aromatic carbocycles. The van der Waals surface area contributed by atoms with Crippen LogP contribution in [0.3, 0.4) is 0 Å². The number of nitrogens with one attached hydrogen (secondary N) is 2. The third-order valence-electron chi connectivity index (χ3n) is 3.59. The monoisotopic (exact) mass is 385 g/mol. The number of benzene rings is 2. The van der Waals surface area contributed by atoms with Gasteiger partial charge in [0.2, 0.25) is 5.91 Å². The quantitative estimate of drug-likeness (QED) is 0.850. The second-order valence-electron chi connectivity index (χ2n) is 5.31. The first-order chi connectivity index (χ1) is 11.6. The second kappa shape index (κ2) is 7.31. The van der Waals surface area contributed by atoms with Gasteiger partial charge in [0.25, 0.3) is 5.91 Å². The summed E-state index contributed by atoms with van der Waals surface area (Å²) in [6.45, 7) is 0.435. The Morgan fingerprint density at radius 3 is 2.54 bits per heavy atom. The van der Waals surface area contributed by atoms with Crippen molar-refractivity contribution in [3.05, 3.63) is 76.4 Å².